The number of aryl methyl sites for hydroxylation is 1. The summed E-state index contributed by atoms with van der Waals surface area (Å²) < 4.78 is 22.2. The smallest absolute Gasteiger partial charge is 0.147 e. The van der Waals surface area contributed by atoms with Crippen LogP contribution in [0.25, 0.3) is 0 Å². The van der Waals surface area contributed by atoms with Gasteiger partial charge in [0.25, 0.3) is 0 Å². The number of sulfone groups is 1. The molecule has 0 saturated carbocycles. The molecule has 3 N–H and O–H groups in total. The molecule has 1 atom stereocenters. The molecule has 0 radical (unpaired) electrons. The third kappa shape index (κ3) is 5.81. The molecular weight excluding hydrogens is 236 g/mol. The minimum absolute atomic E-state index is 0.00701. The molecule has 96 valence electrons. The van der Waals surface area contributed by atoms with Crippen LogP contribution in [0.1, 0.15) is 17.5 Å². The van der Waals surface area contributed by atoms with E-state index in [2.05, 4.69) is 5.43 Å². The number of nitrogens with two attached hydrogens (primary N) is 1. The summed E-state index contributed by atoms with van der Waals surface area (Å²) in [6.07, 6.45) is 2.52. The van der Waals surface area contributed by atoms with Crippen molar-refractivity contribution >= 4 is 9.84 Å². The largest absolute Gasteiger partial charge is 0.271 e. The van der Waals surface area contributed by atoms with Crippen LogP contribution in [0.15, 0.2) is 24.3 Å². The highest BCUT2D eigenvalue weighted by molar-refractivity contribution is 7.90. The van der Waals surface area contributed by atoms with Crippen molar-refractivity contribution in [2.45, 2.75) is 25.8 Å². The van der Waals surface area contributed by atoms with E-state index < -0.39 is 9.84 Å². The molecule has 17 heavy (non-hydrogen) atoms. The Labute approximate surface area is 103 Å². The predicted octanol–water partition coefficient (Wildman–Crippen LogP) is 0.804. The first-order chi connectivity index (χ1) is 7.90. The van der Waals surface area contributed by atoms with Gasteiger partial charge in [-0.25, -0.2) is 8.42 Å². The molecule has 1 rings (SSSR count). The zero-order chi connectivity index (χ0) is 12.9. The van der Waals surface area contributed by atoms with E-state index in [1.54, 1.807) is 0 Å². The maximum Gasteiger partial charge on any atom is 0.147 e. The van der Waals surface area contributed by atoms with Crippen LogP contribution in [0, 0.1) is 6.92 Å². The lowest BCUT2D eigenvalue weighted by Gasteiger charge is -2.15. The summed E-state index contributed by atoms with van der Waals surface area (Å²) >= 11 is 0. The zero-order valence-corrected chi connectivity index (χ0v) is 11.1. The van der Waals surface area contributed by atoms with Crippen LogP contribution in [0.2, 0.25) is 0 Å². The molecule has 0 bridgehead atoms. The van der Waals surface area contributed by atoms with Gasteiger partial charge < -0.3 is 0 Å². The van der Waals surface area contributed by atoms with Crippen LogP contribution in [-0.4, -0.2) is 26.5 Å². The lowest BCUT2D eigenvalue weighted by Crippen LogP contribution is -2.38. The monoisotopic (exact) mass is 256 g/mol. The number of benzene rings is 1. The van der Waals surface area contributed by atoms with E-state index >= 15 is 0 Å². The SMILES string of the molecule is Cc1ccc(CC(CCS(C)(=O)=O)NN)cc1. The van der Waals surface area contributed by atoms with Gasteiger partial charge in [-0.2, -0.15) is 0 Å². The van der Waals surface area contributed by atoms with E-state index in [0.29, 0.717) is 6.42 Å². The molecule has 0 aromatic heterocycles. The van der Waals surface area contributed by atoms with Crippen molar-refractivity contribution in [1.29, 1.82) is 0 Å². The van der Waals surface area contributed by atoms with Crippen molar-refractivity contribution in [2.24, 2.45) is 5.84 Å². The Balaban J connectivity index is 2.55. The Morgan fingerprint density at radius 3 is 2.35 bits per heavy atom. The lowest BCUT2D eigenvalue weighted by molar-refractivity contribution is 0.506. The van der Waals surface area contributed by atoms with Gasteiger partial charge in [-0.3, -0.25) is 11.3 Å². The van der Waals surface area contributed by atoms with Crippen molar-refractivity contribution < 1.29 is 8.42 Å². The fraction of sp³-hybridized carbons (Fsp3) is 0.500. The minimum atomic E-state index is -2.92. The summed E-state index contributed by atoms with van der Waals surface area (Å²) in [4.78, 5) is 0. The molecule has 0 heterocycles. The lowest BCUT2D eigenvalue weighted by atomic mass is 10.0. The first kappa shape index (κ1) is 14.2. The molecule has 0 aliphatic carbocycles. The number of hydrazine groups is 1. The Hall–Kier alpha value is -0.910. The van der Waals surface area contributed by atoms with Crippen molar-refractivity contribution in [3.63, 3.8) is 0 Å². The molecule has 5 heteroatoms. The third-order valence-corrected chi connectivity index (χ3v) is 3.65. The molecule has 1 unspecified atom stereocenters. The second kappa shape index (κ2) is 6.14. The maximum absolute atomic E-state index is 11.1. The van der Waals surface area contributed by atoms with Gasteiger partial charge in [-0.1, -0.05) is 29.8 Å². The molecule has 0 amide bonds. The van der Waals surface area contributed by atoms with Gasteiger partial charge in [0.2, 0.25) is 0 Å². The van der Waals surface area contributed by atoms with Crippen molar-refractivity contribution in [3.05, 3.63) is 35.4 Å². The Bertz CT molecular complexity index is 440. The first-order valence-corrected chi connectivity index (χ1v) is 7.66. The van der Waals surface area contributed by atoms with E-state index in [0.717, 1.165) is 12.0 Å². The predicted molar refractivity (Wildman–Crippen MR) is 70.3 cm³/mol. The van der Waals surface area contributed by atoms with Gasteiger partial charge in [0.05, 0.1) is 5.75 Å². The van der Waals surface area contributed by atoms with Crippen molar-refractivity contribution in [3.8, 4) is 0 Å². The van der Waals surface area contributed by atoms with E-state index in [9.17, 15) is 8.42 Å². The highest BCUT2D eigenvalue weighted by atomic mass is 32.2. The normalized spacial score (nSPS) is 13.6. The average Bonchev–Trinajstić information content (AvgIpc) is 2.25. The molecule has 0 aliphatic rings. The molecule has 1 aromatic rings. The summed E-state index contributed by atoms with van der Waals surface area (Å²) in [6.45, 7) is 2.03. The second-order valence-corrected chi connectivity index (χ2v) is 6.73. The first-order valence-electron chi connectivity index (χ1n) is 5.60. The number of hydrogen-bond acceptors (Lipinski definition) is 4. The van der Waals surface area contributed by atoms with Crippen LogP contribution in [0.3, 0.4) is 0 Å². The van der Waals surface area contributed by atoms with Crippen molar-refractivity contribution in [2.75, 3.05) is 12.0 Å². The summed E-state index contributed by atoms with van der Waals surface area (Å²) in [7, 11) is -2.92. The highest BCUT2D eigenvalue weighted by Crippen LogP contribution is 2.08. The minimum Gasteiger partial charge on any atom is -0.271 e. The van der Waals surface area contributed by atoms with Gasteiger partial charge in [-0.15, -0.1) is 0 Å². The molecule has 0 fully saturated rings. The summed E-state index contributed by atoms with van der Waals surface area (Å²) in [5.74, 6) is 5.60. The average molecular weight is 256 g/mol. The molecule has 4 nitrogen and oxygen atoms in total. The van der Waals surface area contributed by atoms with Crippen molar-refractivity contribution in [1.82, 2.24) is 5.43 Å². The highest BCUT2D eigenvalue weighted by Gasteiger charge is 2.11. The van der Waals surface area contributed by atoms with E-state index in [4.69, 9.17) is 5.84 Å². The van der Waals surface area contributed by atoms with Crippen LogP contribution >= 0.6 is 0 Å². The van der Waals surface area contributed by atoms with Gasteiger partial charge in [0, 0.05) is 12.3 Å². The number of rotatable bonds is 6. The Morgan fingerprint density at radius 1 is 1.29 bits per heavy atom. The van der Waals surface area contributed by atoms with Gasteiger partial charge in [0.15, 0.2) is 0 Å². The number of nitrogens with one attached hydrogen (secondary N) is 1. The van der Waals surface area contributed by atoms with Crippen LogP contribution < -0.4 is 11.3 Å². The van der Waals surface area contributed by atoms with E-state index in [1.165, 1.54) is 11.8 Å². The molecule has 0 aliphatic heterocycles. The number of hydrogen-bond donors (Lipinski definition) is 2. The Morgan fingerprint density at radius 2 is 1.88 bits per heavy atom. The summed E-state index contributed by atoms with van der Waals surface area (Å²) in [5.41, 5.74) is 5.04. The van der Waals surface area contributed by atoms with Crippen LogP contribution in [-0.2, 0) is 16.3 Å². The second-order valence-electron chi connectivity index (χ2n) is 4.47. The zero-order valence-electron chi connectivity index (χ0n) is 10.3. The standard InChI is InChI=1S/C12H20N2O2S/c1-10-3-5-11(6-4-10)9-12(14-13)7-8-17(2,15)16/h3-6,12,14H,7-9,13H2,1-2H3. The topological polar surface area (TPSA) is 72.2 Å². The maximum atomic E-state index is 11.1. The molecule has 0 spiro atoms. The fourth-order valence-corrected chi connectivity index (χ4v) is 2.32. The quantitative estimate of drug-likeness (QED) is 0.583. The Kier molecular flexibility index (Phi) is 5.11. The molecular formula is C12H20N2O2S. The third-order valence-electron chi connectivity index (χ3n) is 2.68. The van der Waals surface area contributed by atoms with Crippen LogP contribution in [0.5, 0.6) is 0 Å². The van der Waals surface area contributed by atoms with Gasteiger partial charge in [-0.05, 0) is 25.3 Å². The van der Waals surface area contributed by atoms with E-state index in [-0.39, 0.29) is 11.8 Å². The molecule has 1 aromatic carbocycles. The van der Waals surface area contributed by atoms with Gasteiger partial charge >= 0.3 is 0 Å². The summed E-state index contributed by atoms with van der Waals surface area (Å²) in [5, 5.41) is 0. The summed E-state index contributed by atoms with van der Waals surface area (Å²) in [6, 6.07) is 8.16. The fourth-order valence-electron chi connectivity index (χ4n) is 1.61. The van der Waals surface area contributed by atoms with Gasteiger partial charge in [0.1, 0.15) is 9.84 Å². The van der Waals surface area contributed by atoms with Crippen LogP contribution in [0.4, 0.5) is 0 Å². The molecule has 0 saturated heterocycles. The van der Waals surface area contributed by atoms with E-state index in [1.807, 2.05) is 31.2 Å².